The predicted octanol–water partition coefficient (Wildman–Crippen LogP) is 7.40. The lowest BCUT2D eigenvalue weighted by Crippen LogP contribution is -2.27. The van der Waals surface area contributed by atoms with Crippen molar-refractivity contribution in [3.8, 4) is 28.4 Å². The predicted molar refractivity (Wildman–Crippen MR) is 205 cm³/mol. The zero-order valence-electron chi connectivity index (χ0n) is 30.6. The zero-order valence-corrected chi connectivity index (χ0v) is 31.3. The Morgan fingerprint density at radius 3 is 2.65 bits per heavy atom. The number of aliphatic hydroxyl groups is 1. The molecular weight excluding hydrogens is 676 g/mol. The number of ether oxygens (including phenoxy) is 3. The van der Waals surface area contributed by atoms with Crippen molar-refractivity contribution in [2.45, 2.75) is 84.8 Å². The SMILES string of the molecule is Cc1c(COc2cc3c(cc2Cl)CN[C@H](C)CCCCNC(=O)c2cncc(c2)CO3)cccc1-c1cccc(OCCCN2CC[C@@H](O)C2)c1C. The van der Waals surface area contributed by atoms with E-state index in [0.29, 0.717) is 48.4 Å². The smallest absolute Gasteiger partial charge is 0.252 e. The van der Waals surface area contributed by atoms with Gasteiger partial charge in [-0.25, -0.2) is 0 Å². The number of nitrogens with zero attached hydrogens (tertiary/aromatic N) is 2. The number of amides is 1. The van der Waals surface area contributed by atoms with Gasteiger partial charge in [0.2, 0.25) is 0 Å². The van der Waals surface area contributed by atoms with Gasteiger partial charge in [0.15, 0.2) is 0 Å². The number of β-amino-alcohol motifs (C(OH)–C–C–N with tert-alkyl or cyclic N) is 1. The van der Waals surface area contributed by atoms with Crippen molar-refractivity contribution >= 4 is 17.5 Å². The Hall–Kier alpha value is -4.15. The Balaban J connectivity index is 1.16. The van der Waals surface area contributed by atoms with Gasteiger partial charge in [-0.3, -0.25) is 9.78 Å². The van der Waals surface area contributed by atoms with E-state index < -0.39 is 0 Å². The number of aliphatic hydroxyl groups excluding tert-OH is 1. The van der Waals surface area contributed by atoms with E-state index in [4.69, 9.17) is 25.8 Å². The van der Waals surface area contributed by atoms with Crippen LogP contribution in [0.25, 0.3) is 11.1 Å². The summed E-state index contributed by atoms with van der Waals surface area (Å²) in [5, 5.41) is 16.9. The lowest BCUT2D eigenvalue weighted by Gasteiger charge is -2.20. The second kappa shape index (κ2) is 18.1. The van der Waals surface area contributed by atoms with Gasteiger partial charge in [0.1, 0.15) is 30.5 Å². The maximum atomic E-state index is 12.7. The molecule has 276 valence electrons. The number of hydrogen-bond donors (Lipinski definition) is 3. The maximum absolute atomic E-state index is 12.7. The number of nitrogens with one attached hydrogen (secondary N) is 2. The van der Waals surface area contributed by atoms with Crippen molar-refractivity contribution in [1.29, 1.82) is 0 Å². The van der Waals surface area contributed by atoms with Gasteiger partial charge in [0.05, 0.1) is 23.3 Å². The molecule has 4 aromatic rings. The monoisotopic (exact) mass is 726 g/mol. The van der Waals surface area contributed by atoms with Gasteiger partial charge in [0.25, 0.3) is 5.91 Å². The molecule has 3 N–H and O–H groups in total. The highest BCUT2D eigenvalue weighted by molar-refractivity contribution is 6.32. The number of halogens is 1. The van der Waals surface area contributed by atoms with Gasteiger partial charge in [-0.15, -0.1) is 0 Å². The van der Waals surface area contributed by atoms with E-state index in [-0.39, 0.29) is 24.7 Å². The summed E-state index contributed by atoms with van der Waals surface area (Å²) in [5.41, 5.74) is 7.78. The van der Waals surface area contributed by atoms with Gasteiger partial charge in [0, 0.05) is 68.4 Å². The van der Waals surface area contributed by atoms with Gasteiger partial charge in [-0.05, 0) is 92.5 Å². The molecule has 9 nitrogen and oxygen atoms in total. The van der Waals surface area contributed by atoms with E-state index in [1.807, 2.05) is 30.3 Å². The highest BCUT2D eigenvalue weighted by atomic mass is 35.5. The number of fused-ring (bicyclic) bond motifs is 3. The molecule has 10 heteroatoms. The van der Waals surface area contributed by atoms with Crippen LogP contribution in [0.15, 0.2) is 67.0 Å². The highest BCUT2D eigenvalue weighted by Crippen LogP contribution is 2.36. The van der Waals surface area contributed by atoms with Gasteiger partial charge in [-0.2, -0.15) is 0 Å². The molecule has 0 aliphatic carbocycles. The molecule has 3 heterocycles. The second-order valence-electron chi connectivity index (χ2n) is 14.0. The van der Waals surface area contributed by atoms with Crippen molar-refractivity contribution in [1.82, 2.24) is 20.5 Å². The first-order valence-electron chi connectivity index (χ1n) is 18.5. The van der Waals surface area contributed by atoms with E-state index in [9.17, 15) is 9.90 Å². The molecule has 1 fully saturated rings. The van der Waals surface area contributed by atoms with Crippen molar-refractivity contribution in [2.75, 3.05) is 32.8 Å². The molecule has 2 bridgehead atoms. The maximum Gasteiger partial charge on any atom is 0.252 e. The molecule has 1 saturated heterocycles. The highest BCUT2D eigenvalue weighted by Gasteiger charge is 2.20. The van der Waals surface area contributed by atoms with Gasteiger partial charge >= 0.3 is 0 Å². The normalized spacial score (nSPS) is 18.7. The Bertz CT molecular complexity index is 1830. The number of hydrogen-bond acceptors (Lipinski definition) is 8. The van der Waals surface area contributed by atoms with E-state index in [0.717, 1.165) is 96.4 Å². The van der Waals surface area contributed by atoms with Crippen LogP contribution in [0.3, 0.4) is 0 Å². The van der Waals surface area contributed by atoms with Gasteiger partial charge in [-0.1, -0.05) is 48.4 Å². The molecule has 2 aliphatic heterocycles. The van der Waals surface area contributed by atoms with E-state index >= 15 is 0 Å². The lowest BCUT2D eigenvalue weighted by molar-refractivity contribution is 0.0952. The first kappa shape index (κ1) is 37.6. The zero-order chi connectivity index (χ0) is 36.5. The summed E-state index contributed by atoms with van der Waals surface area (Å²) in [6.07, 6.45) is 7.76. The van der Waals surface area contributed by atoms with Crippen LogP contribution in [-0.4, -0.2) is 65.8 Å². The molecule has 52 heavy (non-hydrogen) atoms. The largest absolute Gasteiger partial charge is 0.493 e. The summed E-state index contributed by atoms with van der Waals surface area (Å²) in [4.78, 5) is 19.3. The minimum Gasteiger partial charge on any atom is -0.493 e. The Morgan fingerprint density at radius 2 is 1.83 bits per heavy atom. The molecule has 2 atom stereocenters. The minimum atomic E-state index is -0.198. The molecule has 0 spiro atoms. The van der Waals surface area contributed by atoms with Crippen molar-refractivity contribution in [2.24, 2.45) is 0 Å². The summed E-state index contributed by atoms with van der Waals surface area (Å²) in [6, 6.07) is 18.4. The minimum absolute atomic E-state index is 0.128. The molecule has 3 aromatic carbocycles. The van der Waals surface area contributed by atoms with Gasteiger partial charge < -0.3 is 34.9 Å². The summed E-state index contributed by atoms with van der Waals surface area (Å²) in [7, 11) is 0. The molecule has 0 radical (unpaired) electrons. The molecule has 1 amide bonds. The van der Waals surface area contributed by atoms with Crippen LogP contribution in [0.5, 0.6) is 17.2 Å². The Kier molecular flexibility index (Phi) is 13.1. The number of benzene rings is 3. The molecule has 6 rings (SSSR count). The number of carbonyl (C=O) groups excluding carboxylic acids is 1. The fraction of sp³-hybridized carbons (Fsp3) is 0.429. The fourth-order valence-electron chi connectivity index (χ4n) is 6.91. The van der Waals surface area contributed by atoms with E-state index in [1.54, 1.807) is 12.4 Å². The first-order chi connectivity index (χ1) is 25.2. The average Bonchev–Trinajstić information content (AvgIpc) is 3.56. The van der Waals surface area contributed by atoms with Crippen LogP contribution >= 0.6 is 11.6 Å². The third-order valence-electron chi connectivity index (χ3n) is 10.1. The number of aromatic nitrogens is 1. The third kappa shape index (κ3) is 9.83. The van der Waals surface area contributed by atoms with Crippen LogP contribution in [0, 0.1) is 13.8 Å². The van der Waals surface area contributed by atoms with Crippen LogP contribution in [0.1, 0.15) is 77.2 Å². The Labute approximate surface area is 312 Å². The van der Waals surface area contributed by atoms with Crippen LogP contribution in [0.2, 0.25) is 5.02 Å². The lowest BCUT2D eigenvalue weighted by atomic mass is 9.93. The van der Waals surface area contributed by atoms with E-state index in [2.05, 4.69) is 65.6 Å². The molecule has 2 aliphatic rings. The molecule has 0 saturated carbocycles. The average molecular weight is 727 g/mol. The quantitative estimate of drug-likeness (QED) is 0.153. The summed E-state index contributed by atoms with van der Waals surface area (Å²) < 4.78 is 19.0. The molecular formula is C42H51ClN4O5. The van der Waals surface area contributed by atoms with Crippen molar-refractivity contribution in [3.63, 3.8) is 0 Å². The van der Waals surface area contributed by atoms with Crippen LogP contribution < -0.4 is 24.8 Å². The molecule has 0 unspecified atom stereocenters. The summed E-state index contributed by atoms with van der Waals surface area (Å²) >= 11 is 6.86. The summed E-state index contributed by atoms with van der Waals surface area (Å²) in [6.45, 7) is 11.5. The number of carbonyl (C=O) groups is 1. The number of likely N-dealkylation sites (tertiary alicyclic amines) is 1. The number of rotatable bonds is 9. The van der Waals surface area contributed by atoms with Crippen LogP contribution in [0.4, 0.5) is 0 Å². The Morgan fingerprint density at radius 1 is 1.00 bits per heavy atom. The van der Waals surface area contributed by atoms with Crippen molar-refractivity contribution < 1.29 is 24.1 Å². The third-order valence-corrected chi connectivity index (χ3v) is 10.4. The van der Waals surface area contributed by atoms with Crippen molar-refractivity contribution in [3.05, 3.63) is 105 Å². The second-order valence-corrected chi connectivity index (χ2v) is 14.5. The standard InChI is InChI=1S/C42H51ClN4O5/c1-28-9-4-5-15-45-42(49)34-19-31(22-44-23-34)26-51-40-21-41(38(43)20-33(40)24-46-28)52-27-32-10-6-11-36(29(32)2)37-12-7-13-39(30(37)3)50-18-8-16-47-17-14-35(48)25-47/h6-7,10-13,19-23,28,35,46,48H,4-5,8-9,14-18,24-27H2,1-3H3,(H,45,49)/t28-,35-/m1/s1. The first-order valence-corrected chi connectivity index (χ1v) is 18.9. The van der Waals surface area contributed by atoms with Crippen LogP contribution in [-0.2, 0) is 19.8 Å². The van der Waals surface area contributed by atoms with E-state index in [1.165, 1.54) is 0 Å². The molecule has 1 aromatic heterocycles. The topological polar surface area (TPSA) is 105 Å². The fourth-order valence-corrected chi connectivity index (χ4v) is 7.15. The summed E-state index contributed by atoms with van der Waals surface area (Å²) in [5.74, 6) is 1.96. The number of pyridine rings is 1.